The molecule has 0 aliphatic carbocycles. The zero-order valence-electron chi connectivity index (χ0n) is 9.64. The van der Waals surface area contributed by atoms with Crippen molar-refractivity contribution in [1.29, 1.82) is 0 Å². The van der Waals surface area contributed by atoms with E-state index in [4.69, 9.17) is 17.3 Å². The molecule has 0 bridgehead atoms. The van der Waals surface area contributed by atoms with Gasteiger partial charge in [0.25, 0.3) is 0 Å². The van der Waals surface area contributed by atoms with Gasteiger partial charge >= 0.3 is 0 Å². The SMILES string of the molecule is Cl.Cl.NC1CCN(Cc2ccc(Cl)cc2)CC1. The summed E-state index contributed by atoms with van der Waals surface area (Å²) in [6.07, 6.45) is 2.24. The molecule has 1 aromatic carbocycles. The zero-order valence-corrected chi connectivity index (χ0v) is 12.0. The molecule has 1 heterocycles. The van der Waals surface area contributed by atoms with Crippen molar-refractivity contribution in [3.63, 3.8) is 0 Å². The van der Waals surface area contributed by atoms with Crippen LogP contribution in [-0.2, 0) is 6.54 Å². The van der Waals surface area contributed by atoms with Crippen molar-refractivity contribution in [2.24, 2.45) is 5.73 Å². The van der Waals surface area contributed by atoms with Crippen LogP contribution < -0.4 is 5.73 Å². The van der Waals surface area contributed by atoms with Crippen LogP contribution in [0.25, 0.3) is 0 Å². The first-order valence-corrected chi connectivity index (χ1v) is 5.84. The normalized spacial score (nSPS) is 17.1. The highest BCUT2D eigenvalue weighted by molar-refractivity contribution is 6.30. The summed E-state index contributed by atoms with van der Waals surface area (Å²) in [5, 5.41) is 0.805. The molecule has 0 unspecified atom stereocenters. The minimum atomic E-state index is 0. The first-order valence-electron chi connectivity index (χ1n) is 5.46. The molecule has 1 fully saturated rings. The van der Waals surface area contributed by atoms with Crippen LogP contribution in [0, 0.1) is 0 Å². The standard InChI is InChI=1S/C12H17ClN2.2ClH/c13-11-3-1-10(2-4-11)9-15-7-5-12(14)6-8-15;;/h1-4,12H,5-9,14H2;2*1H. The van der Waals surface area contributed by atoms with Gasteiger partial charge in [-0.05, 0) is 43.6 Å². The zero-order chi connectivity index (χ0) is 10.7. The number of nitrogens with zero attached hydrogens (tertiary/aromatic N) is 1. The lowest BCUT2D eigenvalue weighted by molar-refractivity contribution is 0.205. The molecule has 2 rings (SSSR count). The first kappa shape index (κ1) is 17.0. The third kappa shape index (κ3) is 5.45. The van der Waals surface area contributed by atoms with Crippen molar-refractivity contribution in [2.45, 2.75) is 25.4 Å². The van der Waals surface area contributed by atoms with E-state index >= 15 is 0 Å². The van der Waals surface area contributed by atoms with Gasteiger partial charge in [-0.3, -0.25) is 4.90 Å². The van der Waals surface area contributed by atoms with Crippen LogP contribution in [0.15, 0.2) is 24.3 Å². The van der Waals surface area contributed by atoms with Gasteiger partial charge in [0, 0.05) is 17.6 Å². The molecule has 0 spiro atoms. The summed E-state index contributed by atoms with van der Waals surface area (Å²) < 4.78 is 0. The van der Waals surface area contributed by atoms with Crippen LogP contribution in [0.2, 0.25) is 5.02 Å². The average Bonchev–Trinajstić information content (AvgIpc) is 2.25. The Morgan fingerprint density at radius 3 is 2.18 bits per heavy atom. The third-order valence-electron chi connectivity index (χ3n) is 2.95. The average molecular weight is 298 g/mol. The smallest absolute Gasteiger partial charge is 0.0406 e. The predicted octanol–water partition coefficient (Wildman–Crippen LogP) is 3.11. The Bertz CT molecular complexity index is 308. The molecule has 1 aliphatic heterocycles. The fourth-order valence-corrected chi connectivity index (χ4v) is 2.09. The molecule has 0 aromatic heterocycles. The highest BCUT2D eigenvalue weighted by Gasteiger charge is 2.15. The second-order valence-electron chi connectivity index (χ2n) is 4.24. The number of rotatable bonds is 2. The van der Waals surface area contributed by atoms with Crippen molar-refractivity contribution in [3.8, 4) is 0 Å². The summed E-state index contributed by atoms with van der Waals surface area (Å²) in [7, 11) is 0. The van der Waals surface area contributed by atoms with Gasteiger partial charge in [-0.1, -0.05) is 23.7 Å². The summed E-state index contributed by atoms with van der Waals surface area (Å²) in [5.74, 6) is 0. The van der Waals surface area contributed by atoms with E-state index in [-0.39, 0.29) is 24.8 Å². The molecular formula is C12H19Cl3N2. The molecule has 0 amide bonds. The topological polar surface area (TPSA) is 29.3 Å². The Balaban J connectivity index is 0.00000128. The van der Waals surface area contributed by atoms with E-state index < -0.39 is 0 Å². The maximum atomic E-state index is 5.87. The van der Waals surface area contributed by atoms with Crippen molar-refractivity contribution in [1.82, 2.24) is 4.90 Å². The largest absolute Gasteiger partial charge is 0.328 e. The maximum absolute atomic E-state index is 5.87. The van der Waals surface area contributed by atoms with E-state index in [9.17, 15) is 0 Å². The Morgan fingerprint density at radius 2 is 1.65 bits per heavy atom. The molecule has 1 aromatic rings. The fraction of sp³-hybridized carbons (Fsp3) is 0.500. The minimum absolute atomic E-state index is 0. The summed E-state index contributed by atoms with van der Waals surface area (Å²) in [5.41, 5.74) is 7.19. The van der Waals surface area contributed by atoms with E-state index in [0.29, 0.717) is 6.04 Å². The molecule has 1 saturated heterocycles. The summed E-state index contributed by atoms with van der Waals surface area (Å²) >= 11 is 5.84. The molecule has 1 aliphatic rings. The monoisotopic (exact) mass is 296 g/mol. The number of halogens is 3. The van der Waals surface area contributed by atoms with Gasteiger partial charge in [0.1, 0.15) is 0 Å². The van der Waals surface area contributed by atoms with Crippen LogP contribution in [0.3, 0.4) is 0 Å². The van der Waals surface area contributed by atoms with Crippen molar-refractivity contribution < 1.29 is 0 Å². The first-order chi connectivity index (χ1) is 7.24. The molecule has 0 atom stereocenters. The second kappa shape index (κ2) is 8.17. The molecule has 5 heteroatoms. The third-order valence-corrected chi connectivity index (χ3v) is 3.20. The highest BCUT2D eigenvalue weighted by atomic mass is 35.5. The van der Waals surface area contributed by atoms with Crippen LogP contribution in [0.4, 0.5) is 0 Å². The van der Waals surface area contributed by atoms with E-state index in [1.54, 1.807) is 0 Å². The van der Waals surface area contributed by atoms with E-state index in [2.05, 4.69) is 17.0 Å². The lowest BCUT2D eigenvalue weighted by Gasteiger charge is -2.30. The predicted molar refractivity (Wildman–Crippen MR) is 78.4 cm³/mol. The van der Waals surface area contributed by atoms with Gasteiger partial charge in [-0.25, -0.2) is 0 Å². The lowest BCUT2D eigenvalue weighted by Crippen LogP contribution is -2.39. The van der Waals surface area contributed by atoms with Gasteiger partial charge in [0.15, 0.2) is 0 Å². The highest BCUT2D eigenvalue weighted by Crippen LogP contribution is 2.14. The van der Waals surface area contributed by atoms with Crippen LogP contribution in [0.1, 0.15) is 18.4 Å². The van der Waals surface area contributed by atoms with Crippen LogP contribution in [-0.4, -0.2) is 24.0 Å². The lowest BCUT2D eigenvalue weighted by atomic mass is 10.1. The fourth-order valence-electron chi connectivity index (χ4n) is 1.96. The number of hydrogen-bond donors (Lipinski definition) is 1. The molecular weight excluding hydrogens is 279 g/mol. The summed E-state index contributed by atoms with van der Waals surface area (Å²) in [4.78, 5) is 2.45. The van der Waals surface area contributed by atoms with Gasteiger partial charge in [0.2, 0.25) is 0 Å². The molecule has 0 saturated carbocycles. The molecule has 2 N–H and O–H groups in total. The van der Waals surface area contributed by atoms with E-state index in [0.717, 1.165) is 37.5 Å². The van der Waals surface area contributed by atoms with E-state index in [1.807, 2.05) is 12.1 Å². The Kier molecular flexibility index (Phi) is 8.18. The number of benzene rings is 1. The quantitative estimate of drug-likeness (QED) is 0.909. The number of nitrogens with two attached hydrogens (primary N) is 1. The molecule has 0 radical (unpaired) electrons. The van der Waals surface area contributed by atoms with E-state index in [1.165, 1.54) is 5.56 Å². The molecule has 98 valence electrons. The van der Waals surface area contributed by atoms with Crippen molar-refractivity contribution in [2.75, 3.05) is 13.1 Å². The van der Waals surface area contributed by atoms with Crippen molar-refractivity contribution >= 4 is 36.4 Å². The van der Waals surface area contributed by atoms with Gasteiger partial charge in [-0.15, -0.1) is 24.8 Å². The Labute approximate surface area is 120 Å². The van der Waals surface area contributed by atoms with Gasteiger partial charge in [0.05, 0.1) is 0 Å². The number of likely N-dealkylation sites (tertiary alicyclic amines) is 1. The Morgan fingerprint density at radius 1 is 1.12 bits per heavy atom. The van der Waals surface area contributed by atoms with Crippen LogP contribution >= 0.6 is 36.4 Å². The maximum Gasteiger partial charge on any atom is 0.0406 e. The van der Waals surface area contributed by atoms with Crippen LogP contribution in [0.5, 0.6) is 0 Å². The summed E-state index contributed by atoms with van der Waals surface area (Å²) in [6.45, 7) is 3.25. The van der Waals surface area contributed by atoms with Gasteiger partial charge < -0.3 is 5.73 Å². The summed E-state index contributed by atoms with van der Waals surface area (Å²) in [6, 6.07) is 8.50. The second-order valence-corrected chi connectivity index (χ2v) is 4.68. The minimum Gasteiger partial charge on any atom is -0.328 e. The van der Waals surface area contributed by atoms with Crippen molar-refractivity contribution in [3.05, 3.63) is 34.9 Å². The molecule has 2 nitrogen and oxygen atoms in total. The molecule has 17 heavy (non-hydrogen) atoms. The Hall–Kier alpha value is 0.01000. The number of hydrogen-bond acceptors (Lipinski definition) is 2. The number of piperidine rings is 1. The van der Waals surface area contributed by atoms with Gasteiger partial charge in [-0.2, -0.15) is 0 Å².